The second-order valence-corrected chi connectivity index (χ2v) is 31.0. The van der Waals surface area contributed by atoms with Crippen molar-refractivity contribution in [1.29, 1.82) is 0 Å². The van der Waals surface area contributed by atoms with Gasteiger partial charge in [-0.25, -0.2) is 4.98 Å². The van der Waals surface area contributed by atoms with Crippen molar-refractivity contribution in [3.05, 3.63) is 46.2 Å². The minimum atomic E-state index is 0. The zero-order chi connectivity index (χ0) is 69.7. The van der Waals surface area contributed by atoms with E-state index in [0.29, 0.717) is 95.2 Å². The molecule has 4 heterocycles. The summed E-state index contributed by atoms with van der Waals surface area (Å²) in [7, 11) is 0. The summed E-state index contributed by atoms with van der Waals surface area (Å²) in [4.78, 5) is 38.2. The number of aromatic nitrogens is 7. The average Bonchev–Trinajstić information content (AvgIpc) is 1.59. The molecule has 0 N–H and O–H groups in total. The molecule has 15 nitrogen and oxygen atoms in total. The molecular weight excluding hydrogens is 1450 g/mol. The van der Waals surface area contributed by atoms with Gasteiger partial charge in [0.1, 0.15) is 64.6 Å². The van der Waals surface area contributed by atoms with Crippen LogP contribution in [0.25, 0.3) is 89.4 Å². The Labute approximate surface area is 621 Å². The molecule has 1 aliphatic heterocycles. The standard InChI is InChI=1S/C73H88Cl8N7O8.Ni/c1-34(2)17-25-89-60-44-42-33-43(45(44)61(53(75)52(60)74)90-26-18-35(3)4)83-69-47-49(65(94-30-22-39(11)12)57(79)55(77)63(47)92-28-20-37(7)8)71(85-69)87-73-51-50(66(95-31-23-40(13)14)58(80)59(81)67(51)96-32-24-41(15)16)72(88-73)86-70-48-46(68(82-42)84-70)62(91-27-19-36(5)6)54(76)56(78)64(48)93-29-21-38(9)10;/h34-41H,17-32H2,1-16H3;/q-3;+3. The minimum absolute atomic E-state index is 0. The Hall–Kier alpha value is -4.48. The van der Waals surface area contributed by atoms with E-state index in [9.17, 15) is 0 Å². The fourth-order valence-electron chi connectivity index (χ4n) is 10.5. The maximum Gasteiger partial charge on any atom is 3.00 e. The fourth-order valence-corrected chi connectivity index (χ4v) is 12.4. The van der Waals surface area contributed by atoms with Crippen molar-refractivity contribution >= 4 is 137 Å². The first-order chi connectivity index (χ1) is 45.6. The van der Waals surface area contributed by atoms with E-state index in [-0.39, 0.29) is 248 Å². The van der Waals surface area contributed by atoms with Gasteiger partial charge >= 0.3 is 16.5 Å². The third kappa shape index (κ3) is 17.7. The van der Waals surface area contributed by atoms with Gasteiger partial charge in [-0.05, 0) is 98.7 Å². The van der Waals surface area contributed by atoms with Gasteiger partial charge in [0.15, 0.2) is 0 Å². The van der Waals surface area contributed by atoms with Crippen LogP contribution in [-0.2, 0) is 16.5 Å². The van der Waals surface area contributed by atoms with Crippen LogP contribution in [0.5, 0.6) is 46.0 Å². The van der Waals surface area contributed by atoms with Crippen LogP contribution >= 0.6 is 92.8 Å². The predicted octanol–water partition coefficient (Wildman–Crippen LogP) is 23.2. The normalized spacial score (nSPS) is 12.2. The molecular formula is C73H88Cl8N7NiO8. The molecule has 0 saturated carbocycles. The smallest absolute Gasteiger partial charge is 0.505 e. The van der Waals surface area contributed by atoms with Gasteiger partial charge in [-0.3, -0.25) is 0 Å². The van der Waals surface area contributed by atoms with Gasteiger partial charge in [0.25, 0.3) is 0 Å². The average molecular weight is 1530 g/mol. The first-order valence-corrected chi connectivity index (χ1v) is 36.6. The summed E-state index contributed by atoms with van der Waals surface area (Å²) in [5, 5.41) is 1.80. The van der Waals surface area contributed by atoms with E-state index in [0.717, 1.165) is 0 Å². The van der Waals surface area contributed by atoms with E-state index in [2.05, 4.69) is 117 Å². The molecule has 0 fully saturated rings. The second-order valence-electron chi connectivity index (χ2n) is 27.9. The summed E-state index contributed by atoms with van der Waals surface area (Å²) in [6.45, 7) is 35.6. The van der Waals surface area contributed by atoms with Gasteiger partial charge in [0.05, 0.1) is 97.2 Å². The number of hydrogen-bond acceptors (Lipinski definition) is 13. The van der Waals surface area contributed by atoms with E-state index < -0.39 is 0 Å². The second kappa shape index (κ2) is 34.5. The van der Waals surface area contributed by atoms with Crippen LogP contribution in [-0.4, -0.2) is 77.8 Å². The summed E-state index contributed by atoms with van der Waals surface area (Å²) < 4.78 is 54.5. The Morgan fingerprint density at radius 1 is 0.268 bits per heavy atom. The van der Waals surface area contributed by atoms with Gasteiger partial charge in [-0.2, -0.15) is 6.07 Å². The first-order valence-electron chi connectivity index (χ1n) is 33.6. The van der Waals surface area contributed by atoms with Crippen molar-refractivity contribution < 1.29 is 54.4 Å². The molecule has 3 aromatic heterocycles. The molecule has 24 heteroatoms. The summed E-state index contributed by atoms with van der Waals surface area (Å²) >= 11 is 60.1. The largest absolute Gasteiger partial charge is 3.00 e. The quantitative estimate of drug-likeness (QED) is 0.0288. The van der Waals surface area contributed by atoms with Crippen LogP contribution in [0.1, 0.15) is 162 Å². The van der Waals surface area contributed by atoms with Crippen LogP contribution in [0.15, 0.2) is 0 Å². The van der Waals surface area contributed by atoms with Gasteiger partial charge in [-0.1, -0.05) is 204 Å². The first kappa shape index (κ1) is 78.2. The molecule has 1 radical (unpaired) electrons. The SMILES string of the molecule is CC(C)CCOc1c(Cl)c(Cl)c(OCCC(C)C)c2c1-c1[c-]c-2nc2[n-]c(nc3nc(nc4[n-]c(n1)c1c(OCCC(C)C)c(Cl)c(Cl)c(OCCC(C)C)c41)-c1c(OCCC(C)C)c(Cl)c(Cl)c(OCCC(C)C)c1-3)c1c(OCCC(C)C)c(Cl)c(Cl)c(OCCC(C)C)c21.[Ni+3]. The van der Waals surface area contributed by atoms with Crippen molar-refractivity contribution in [3.8, 4) is 91.3 Å². The summed E-state index contributed by atoms with van der Waals surface area (Å²) in [5.74, 6) is 3.53. The number of rotatable bonds is 32. The predicted molar refractivity (Wildman–Crippen MR) is 395 cm³/mol. The molecule has 0 amide bonds. The maximum absolute atomic E-state index is 7.52. The number of halogens is 8. The summed E-state index contributed by atoms with van der Waals surface area (Å²) in [5.41, 5.74) is 1.85. The Morgan fingerprint density at radius 2 is 0.454 bits per heavy atom. The molecule has 0 atom stereocenters. The monoisotopic (exact) mass is 1530 g/mol. The molecule has 9 rings (SSSR count). The Balaban J connectivity index is 0.0000120. The van der Waals surface area contributed by atoms with Gasteiger partial charge in [0, 0.05) is 44.1 Å². The number of ether oxygens (including phenoxy) is 8. The van der Waals surface area contributed by atoms with Crippen LogP contribution in [0.3, 0.4) is 0 Å². The Morgan fingerprint density at radius 3 is 0.670 bits per heavy atom. The molecule has 1 aliphatic carbocycles. The number of hydrogen-bond donors (Lipinski definition) is 0. The molecule has 7 aromatic rings. The summed E-state index contributed by atoms with van der Waals surface area (Å²) in [6, 6.07) is 3.58. The van der Waals surface area contributed by atoms with Crippen LogP contribution in [0.2, 0.25) is 40.2 Å². The molecule has 0 unspecified atom stereocenters. The van der Waals surface area contributed by atoms with Crippen LogP contribution < -0.4 is 47.9 Å². The van der Waals surface area contributed by atoms with Crippen molar-refractivity contribution in [1.82, 2.24) is 34.9 Å². The molecule has 0 spiro atoms. The minimum Gasteiger partial charge on any atom is -0.505 e. The molecule has 4 aromatic carbocycles. The van der Waals surface area contributed by atoms with E-state index in [1.54, 1.807) is 0 Å². The van der Waals surface area contributed by atoms with E-state index in [1.165, 1.54) is 0 Å². The number of nitrogens with zero attached hydrogens (tertiary/aromatic N) is 7. The van der Waals surface area contributed by atoms with Crippen molar-refractivity contribution in [2.45, 2.75) is 162 Å². The number of fused-ring (bicyclic) bond motifs is 20. The summed E-state index contributed by atoms with van der Waals surface area (Å²) in [6.07, 6.45) is 5.23. The van der Waals surface area contributed by atoms with E-state index in [4.69, 9.17) is 166 Å². The van der Waals surface area contributed by atoms with Gasteiger partial charge in [0.2, 0.25) is 0 Å². The van der Waals surface area contributed by atoms with E-state index in [1.807, 2.05) is 0 Å². The third-order valence-corrected chi connectivity index (χ3v) is 19.5. The molecule has 0 saturated heterocycles. The van der Waals surface area contributed by atoms with Crippen LogP contribution in [0.4, 0.5) is 0 Å². The zero-order valence-electron chi connectivity index (χ0n) is 58.2. The third-order valence-electron chi connectivity index (χ3n) is 16.3. The van der Waals surface area contributed by atoms with Crippen molar-refractivity contribution in [2.75, 3.05) is 52.9 Å². The molecule has 529 valence electrons. The van der Waals surface area contributed by atoms with Crippen molar-refractivity contribution in [3.63, 3.8) is 0 Å². The van der Waals surface area contributed by atoms with Crippen molar-refractivity contribution in [2.24, 2.45) is 47.3 Å². The number of benzene rings is 4. The van der Waals surface area contributed by atoms with Gasteiger partial charge < -0.3 is 67.8 Å². The van der Waals surface area contributed by atoms with Crippen LogP contribution in [0, 0.1) is 53.4 Å². The van der Waals surface area contributed by atoms with Gasteiger partial charge in [-0.15, -0.1) is 22.5 Å². The Kier molecular flexibility index (Phi) is 27.8. The molecule has 2 aliphatic rings. The molecule has 8 bridgehead atoms. The maximum atomic E-state index is 7.52. The topological polar surface area (TPSA) is 166 Å². The zero-order valence-corrected chi connectivity index (χ0v) is 65.2. The fraction of sp³-hybridized carbons (Fsp3) is 0.548. The Bertz CT molecular complexity index is 3640. The van der Waals surface area contributed by atoms with E-state index >= 15 is 0 Å². The molecule has 97 heavy (non-hydrogen) atoms.